The maximum atomic E-state index is 12.3. The van der Waals surface area contributed by atoms with Crippen LogP contribution in [0.3, 0.4) is 0 Å². The Balaban J connectivity index is 1.53. The fraction of sp³-hybridized carbons (Fsp3) is 0.400. The number of aryl methyl sites for hydroxylation is 1. The molecule has 144 valence electrons. The smallest absolute Gasteiger partial charge is 0.341 e. The zero-order valence-electron chi connectivity index (χ0n) is 15.5. The van der Waals surface area contributed by atoms with Crippen molar-refractivity contribution in [3.63, 3.8) is 0 Å². The van der Waals surface area contributed by atoms with Gasteiger partial charge < -0.3 is 19.5 Å². The number of esters is 1. The first-order chi connectivity index (χ1) is 13.1. The molecule has 2 aromatic rings. The minimum Gasteiger partial charge on any atom is -0.493 e. The van der Waals surface area contributed by atoms with Gasteiger partial charge in [-0.25, -0.2) is 4.79 Å². The van der Waals surface area contributed by atoms with Gasteiger partial charge in [0.25, 0.3) is 0 Å². The van der Waals surface area contributed by atoms with Crippen molar-refractivity contribution < 1.29 is 23.8 Å². The van der Waals surface area contributed by atoms with Gasteiger partial charge in [0.05, 0.1) is 26.4 Å². The van der Waals surface area contributed by atoms with Crippen LogP contribution in [0, 0.1) is 0 Å². The van der Waals surface area contributed by atoms with E-state index in [1.54, 1.807) is 7.11 Å². The van der Waals surface area contributed by atoms with Gasteiger partial charge in [0, 0.05) is 11.3 Å². The summed E-state index contributed by atoms with van der Waals surface area (Å²) >= 11 is 1.48. The second kappa shape index (κ2) is 8.90. The standard InChI is InChI=1S/C20H23NO5S/c1-24-14-8-3-4-9-15(14)26-12-6-11-17(22)21-19-18(20(23)25-2)13-7-5-10-16(13)27-19/h3-4,8-9H,5-7,10-12H2,1-2H3,(H,21,22). The molecule has 1 aromatic carbocycles. The van der Waals surface area contributed by atoms with Gasteiger partial charge in [0.2, 0.25) is 5.91 Å². The summed E-state index contributed by atoms with van der Waals surface area (Å²) in [5.41, 5.74) is 1.55. The number of methoxy groups -OCH3 is 2. The number of thiophene rings is 1. The lowest BCUT2D eigenvalue weighted by Crippen LogP contribution is -2.15. The van der Waals surface area contributed by atoms with Crippen LogP contribution < -0.4 is 14.8 Å². The second-order valence-electron chi connectivity index (χ2n) is 6.20. The van der Waals surface area contributed by atoms with E-state index in [2.05, 4.69) is 5.32 Å². The van der Waals surface area contributed by atoms with Crippen LogP contribution >= 0.6 is 11.3 Å². The molecule has 1 aliphatic rings. The van der Waals surface area contributed by atoms with E-state index in [0.29, 0.717) is 41.5 Å². The van der Waals surface area contributed by atoms with Crippen molar-refractivity contribution in [3.05, 3.63) is 40.3 Å². The number of anilines is 1. The molecule has 1 amide bonds. The molecule has 6 nitrogen and oxygen atoms in total. The molecule has 1 aliphatic carbocycles. The first-order valence-electron chi connectivity index (χ1n) is 8.92. The van der Waals surface area contributed by atoms with Gasteiger partial charge in [-0.05, 0) is 43.4 Å². The number of carbonyl (C=O) groups is 2. The molecule has 0 unspecified atom stereocenters. The maximum Gasteiger partial charge on any atom is 0.341 e. The van der Waals surface area contributed by atoms with Gasteiger partial charge in [-0.15, -0.1) is 11.3 Å². The molecule has 27 heavy (non-hydrogen) atoms. The van der Waals surface area contributed by atoms with E-state index in [0.717, 1.165) is 24.8 Å². The predicted octanol–water partition coefficient (Wildman–Crippen LogP) is 3.83. The monoisotopic (exact) mass is 389 g/mol. The fourth-order valence-electron chi connectivity index (χ4n) is 3.15. The lowest BCUT2D eigenvalue weighted by atomic mass is 10.1. The van der Waals surface area contributed by atoms with Crippen LogP contribution in [0.2, 0.25) is 0 Å². The third-order valence-corrected chi connectivity index (χ3v) is 5.65. The maximum absolute atomic E-state index is 12.3. The summed E-state index contributed by atoms with van der Waals surface area (Å²) in [5, 5.41) is 3.47. The van der Waals surface area contributed by atoms with E-state index in [-0.39, 0.29) is 11.9 Å². The van der Waals surface area contributed by atoms with E-state index in [1.807, 2.05) is 24.3 Å². The lowest BCUT2D eigenvalue weighted by molar-refractivity contribution is -0.116. The Kier molecular flexibility index (Phi) is 6.34. The number of hydrogen-bond donors (Lipinski definition) is 1. The number of amides is 1. The molecule has 7 heteroatoms. The molecular weight excluding hydrogens is 366 g/mol. The van der Waals surface area contributed by atoms with Crippen LogP contribution in [0.1, 0.15) is 40.1 Å². The Morgan fingerprint density at radius 3 is 2.67 bits per heavy atom. The van der Waals surface area contributed by atoms with Gasteiger partial charge in [-0.1, -0.05) is 12.1 Å². The SMILES string of the molecule is COC(=O)c1c(NC(=O)CCCOc2ccccc2OC)sc2c1CCC2. The highest BCUT2D eigenvalue weighted by Crippen LogP contribution is 2.39. The van der Waals surface area contributed by atoms with Crippen molar-refractivity contribution in [3.8, 4) is 11.5 Å². The summed E-state index contributed by atoms with van der Waals surface area (Å²) in [4.78, 5) is 25.6. The summed E-state index contributed by atoms with van der Waals surface area (Å²) in [6, 6.07) is 7.40. The Hall–Kier alpha value is -2.54. The van der Waals surface area contributed by atoms with Crippen molar-refractivity contribution >= 4 is 28.2 Å². The molecule has 0 aliphatic heterocycles. The van der Waals surface area contributed by atoms with Crippen molar-refractivity contribution in [1.29, 1.82) is 0 Å². The molecule has 3 rings (SSSR count). The number of hydrogen-bond acceptors (Lipinski definition) is 6. The minimum atomic E-state index is -0.385. The largest absolute Gasteiger partial charge is 0.493 e. The van der Waals surface area contributed by atoms with Gasteiger partial charge >= 0.3 is 5.97 Å². The van der Waals surface area contributed by atoms with Gasteiger partial charge in [-0.3, -0.25) is 4.79 Å². The fourth-order valence-corrected chi connectivity index (χ4v) is 4.45. The highest BCUT2D eigenvalue weighted by molar-refractivity contribution is 7.17. The van der Waals surface area contributed by atoms with E-state index in [4.69, 9.17) is 14.2 Å². The molecule has 1 aromatic heterocycles. The van der Waals surface area contributed by atoms with Crippen LogP contribution in [0.25, 0.3) is 0 Å². The summed E-state index contributed by atoms with van der Waals surface area (Å²) < 4.78 is 15.8. The molecular formula is C20H23NO5S. The van der Waals surface area contributed by atoms with E-state index < -0.39 is 0 Å². The number of para-hydroxylation sites is 2. The lowest BCUT2D eigenvalue weighted by Gasteiger charge is -2.10. The Labute approximate surface area is 162 Å². The van der Waals surface area contributed by atoms with Gasteiger partial charge in [0.1, 0.15) is 5.00 Å². The normalized spacial score (nSPS) is 12.4. The second-order valence-corrected chi connectivity index (χ2v) is 7.31. The van der Waals surface area contributed by atoms with Crippen LogP contribution in [-0.4, -0.2) is 32.7 Å². The zero-order chi connectivity index (χ0) is 19.2. The van der Waals surface area contributed by atoms with Crippen LogP contribution in [0.4, 0.5) is 5.00 Å². The van der Waals surface area contributed by atoms with Crippen LogP contribution in [0.5, 0.6) is 11.5 Å². The molecule has 0 saturated heterocycles. The Bertz CT molecular complexity index is 830. The molecule has 1 N–H and O–H groups in total. The number of rotatable bonds is 8. The molecule has 0 spiro atoms. The minimum absolute atomic E-state index is 0.135. The summed E-state index contributed by atoms with van der Waals surface area (Å²) in [5.74, 6) is 0.800. The summed E-state index contributed by atoms with van der Waals surface area (Å²) in [6.07, 6.45) is 3.71. The van der Waals surface area contributed by atoms with E-state index >= 15 is 0 Å². The van der Waals surface area contributed by atoms with Crippen LogP contribution in [-0.2, 0) is 22.4 Å². The highest BCUT2D eigenvalue weighted by Gasteiger charge is 2.27. The molecule has 0 atom stereocenters. The quantitative estimate of drug-likeness (QED) is 0.549. The van der Waals surface area contributed by atoms with Crippen molar-refractivity contribution in [2.45, 2.75) is 32.1 Å². The molecule has 1 heterocycles. The average Bonchev–Trinajstić information content (AvgIpc) is 3.25. The third kappa shape index (κ3) is 4.42. The van der Waals surface area contributed by atoms with Gasteiger partial charge in [0.15, 0.2) is 11.5 Å². The van der Waals surface area contributed by atoms with Gasteiger partial charge in [-0.2, -0.15) is 0 Å². The average molecular weight is 389 g/mol. The topological polar surface area (TPSA) is 73.9 Å². The van der Waals surface area contributed by atoms with Crippen molar-refractivity contribution in [1.82, 2.24) is 0 Å². The van der Waals surface area contributed by atoms with E-state index in [1.165, 1.54) is 23.3 Å². The zero-order valence-corrected chi connectivity index (χ0v) is 16.3. The molecule has 0 radical (unpaired) electrons. The Morgan fingerprint density at radius 2 is 1.93 bits per heavy atom. The number of fused-ring (bicyclic) bond motifs is 1. The van der Waals surface area contributed by atoms with Crippen molar-refractivity contribution in [2.75, 3.05) is 26.1 Å². The number of carbonyl (C=O) groups excluding carboxylic acids is 2. The first kappa shape index (κ1) is 19.2. The summed E-state index contributed by atoms with van der Waals surface area (Å²) in [7, 11) is 2.95. The molecule has 0 saturated carbocycles. The Morgan fingerprint density at radius 1 is 1.15 bits per heavy atom. The molecule has 0 fully saturated rings. The molecule has 0 bridgehead atoms. The third-order valence-electron chi connectivity index (χ3n) is 4.44. The van der Waals surface area contributed by atoms with E-state index in [9.17, 15) is 9.59 Å². The van der Waals surface area contributed by atoms with Crippen molar-refractivity contribution in [2.24, 2.45) is 0 Å². The van der Waals surface area contributed by atoms with Crippen LogP contribution in [0.15, 0.2) is 24.3 Å². The number of benzene rings is 1. The highest BCUT2D eigenvalue weighted by atomic mass is 32.1. The number of ether oxygens (including phenoxy) is 3. The predicted molar refractivity (Wildman–Crippen MR) is 104 cm³/mol. The first-order valence-corrected chi connectivity index (χ1v) is 9.74. The number of nitrogens with one attached hydrogen (secondary N) is 1. The summed E-state index contributed by atoms with van der Waals surface area (Å²) in [6.45, 7) is 0.401.